The van der Waals surface area contributed by atoms with Gasteiger partial charge in [-0.15, -0.1) is 0 Å². The van der Waals surface area contributed by atoms with Crippen molar-refractivity contribution >= 4 is 0 Å². The topological polar surface area (TPSA) is 40.7 Å². The Morgan fingerprint density at radius 3 is 2.65 bits per heavy atom. The Labute approximate surface area is 102 Å². The van der Waals surface area contributed by atoms with Gasteiger partial charge in [-0.3, -0.25) is 0 Å². The molecule has 1 aromatic carbocycles. The fourth-order valence-electron chi connectivity index (χ4n) is 1.80. The van der Waals surface area contributed by atoms with E-state index in [1.165, 1.54) is 11.1 Å². The number of hydrogen-bond donors (Lipinski definition) is 2. The highest BCUT2D eigenvalue weighted by molar-refractivity contribution is 5.24. The van der Waals surface area contributed by atoms with Gasteiger partial charge < -0.3 is 10.3 Å². The minimum Gasteiger partial charge on any atom is -0.348 e. The molecule has 0 radical (unpaired) electrons. The van der Waals surface area contributed by atoms with Crippen molar-refractivity contribution in [3.8, 4) is 0 Å². The lowest BCUT2D eigenvalue weighted by atomic mass is 10.1. The van der Waals surface area contributed by atoms with Gasteiger partial charge in [0.15, 0.2) is 0 Å². The van der Waals surface area contributed by atoms with Gasteiger partial charge in [-0.25, -0.2) is 4.98 Å². The average molecular weight is 229 g/mol. The second-order valence-electron chi connectivity index (χ2n) is 4.23. The molecule has 90 valence electrons. The van der Waals surface area contributed by atoms with E-state index < -0.39 is 0 Å². The fourth-order valence-corrected chi connectivity index (χ4v) is 1.80. The molecule has 3 heteroatoms. The first kappa shape index (κ1) is 11.9. The molecule has 0 amide bonds. The van der Waals surface area contributed by atoms with E-state index in [0.717, 1.165) is 18.8 Å². The summed E-state index contributed by atoms with van der Waals surface area (Å²) in [4.78, 5) is 7.28. The van der Waals surface area contributed by atoms with Gasteiger partial charge >= 0.3 is 0 Å². The Kier molecular flexibility index (Phi) is 3.94. The molecule has 0 aliphatic heterocycles. The van der Waals surface area contributed by atoms with E-state index in [-0.39, 0.29) is 0 Å². The first-order chi connectivity index (χ1) is 8.29. The third-order valence-electron chi connectivity index (χ3n) is 3.02. The summed E-state index contributed by atoms with van der Waals surface area (Å²) < 4.78 is 0. The standard InChI is InChI=1S/C14H19N3/c1-3-12-4-6-13(7-5-12)11(2)17-10-14-15-8-9-16-14/h4-9,11,17H,3,10H2,1-2H3,(H,15,16). The molecule has 1 atom stereocenters. The zero-order valence-corrected chi connectivity index (χ0v) is 10.4. The third-order valence-corrected chi connectivity index (χ3v) is 3.02. The maximum atomic E-state index is 4.19. The second kappa shape index (κ2) is 5.64. The van der Waals surface area contributed by atoms with E-state index in [0.29, 0.717) is 6.04 Å². The largest absolute Gasteiger partial charge is 0.348 e. The second-order valence-corrected chi connectivity index (χ2v) is 4.23. The highest BCUT2D eigenvalue weighted by atomic mass is 15.0. The predicted octanol–water partition coefficient (Wildman–Crippen LogP) is 2.82. The third kappa shape index (κ3) is 3.17. The summed E-state index contributed by atoms with van der Waals surface area (Å²) in [7, 11) is 0. The molecule has 0 aliphatic carbocycles. The van der Waals surface area contributed by atoms with Crippen LogP contribution in [0.1, 0.15) is 36.8 Å². The van der Waals surface area contributed by atoms with Crippen molar-refractivity contribution in [2.24, 2.45) is 0 Å². The van der Waals surface area contributed by atoms with Crippen molar-refractivity contribution < 1.29 is 0 Å². The molecule has 0 spiro atoms. The van der Waals surface area contributed by atoms with Crippen LogP contribution >= 0.6 is 0 Å². The van der Waals surface area contributed by atoms with Gasteiger partial charge in [0.1, 0.15) is 5.82 Å². The van der Waals surface area contributed by atoms with E-state index >= 15 is 0 Å². The van der Waals surface area contributed by atoms with Crippen molar-refractivity contribution in [1.29, 1.82) is 0 Å². The summed E-state index contributed by atoms with van der Waals surface area (Å²) in [5.74, 6) is 0.974. The molecule has 1 heterocycles. The lowest BCUT2D eigenvalue weighted by Gasteiger charge is -2.13. The minimum absolute atomic E-state index is 0.339. The zero-order chi connectivity index (χ0) is 12.1. The Morgan fingerprint density at radius 2 is 2.06 bits per heavy atom. The van der Waals surface area contributed by atoms with Crippen LogP contribution in [0.5, 0.6) is 0 Å². The number of aromatic amines is 1. The fraction of sp³-hybridized carbons (Fsp3) is 0.357. The van der Waals surface area contributed by atoms with Crippen molar-refractivity contribution in [1.82, 2.24) is 15.3 Å². The van der Waals surface area contributed by atoms with Crippen LogP contribution in [0.25, 0.3) is 0 Å². The van der Waals surface area contributed by atoms with Crippen LogP contribution in [-0.2, 0) is 13.0 Å². The van der Waals surface area contributed by atoms with Gasteiger partial charge in [-0.2, -0.15) is 0 Å². The van der Waals surface area contributed by atoms with Crippen molar-refractivity contribution in [2.45, 2.75) is 32.9 Å². The van der Waals surface area contributed by atoms with Crippen LogP contribution in [0.15, 0.2) is 36.7 Å². The number of aromatic nitrogens is 2. The number of nitrogens with one attached hydrogen (secondary N) is 2. The summed E-state index contributed by atoms with van der Waals surface area (Å²) in [6, 6.07) is 9.11. The predicted molar refractivity (Wildman–Crippen MR) is 69.7 cm³/mol. The van der Waals surface area contributed by atoms with E-state index in [1.54, 1.807) is 6.20 Å². The van der Waals surface area contributed by atoms with E-state index in [1.807, 2.05) is 6.20 Å². The minimum atomic E-state index is 0.339. The summed E-state index contributed by atoms with van der Waals surface area (Å²) in [6.07, 6.45) is 4.71. The molecule has 2 aromatic rings. The van der Waals surface area contributed by atoms with Gasteiger partial charge in [0.2, 0.25) is 0 Å². The summed E-state index contributed by atoms with van der Waals surface area (Å²) in [5.41, 5.74) is 2.70. The maximum absolute atomic E-state index is 4.19. The number of imidazole rings is 1. The summed E-state index contributed by atoms with van der Waals surface area (Å²) in [6.45, 7) is 5.11. The average Bonchev–Trinajstić information content (AvgIpc) is 2.89. The molecule has 17 heavy (non-hydrogen) atoms. The molecule has 2 rings (SSSR count). The van der Waals surface area contributed by atoms with Gasteiger partial charge in [-0.1, -0.05) is 31.2 Å². The quantitative estimate of drug-likeness (QED) is 0.827. The number of H-pyrrole nitrogens is 1. The van der Waals surface area contributed by atoms with Crippen LogP contribution in [0.4, 0.5) is 0 Å². The van der Waals surface area contributed by atoms with Crippen molar-refractivity contribution in [2.75, 3.05) is 0 Å². The monoisotopic (exact) mass is 229 g/mol. The van der Waals surface area contributed by atoms with E-state index in [4.69, 9.17) is 0 Å². The lowest BCUT2D eigenvalue weighted by Crippen LogP contribution is -2.18. The SMILES string of the molecule is CCc1ccc(C(C)NCc2ncc[nH]2)cc1. The smallest absolute Gasteiger partial charge is 0.120 e. The van der Waals surface area contributed by atoms with Crippen LogP contribution < -0.4 is 5.32 Å². The summed E-state index contributed by atoms with van der Waals surface area (Å²) in [5, 5.41) is 3.45. The molecule has 0 saturated carbocycles. The first-order valence-corrected chi connectivity index (χ1v) is 6.10. The highest BCUT2D eigenvalue weighted by Gasteiger charge is 2.05. The van der Waals surface area contributed by atoms with E-state index in [2.05, 4.69) is 53.4 Å². The van der Waals surface area contributed by atoms with Crippen molar-refractivity contribution in [3.63, 3.8) is 0 Å². The Bertz CT molecular complexity index is 431. The number of benzene rings is 1. The Hall–Kier alpha value is -1.61. The molecule has 0 fully saturated rings. The van der Waals surface area contributed by atoms with Crippen LogP contribution in [0.3, 0.4) is 0 Å². The van der Waals surface area contributed by atoms with Gasteiger partial charge in [0.25, 0.3) is 0 Å². The number of rotatable bonds is 5. The van der Waals surface area contributed by atoms with Crippen LogP contribution in [-0.4, -0.2) is 9.97 Å². The van der Waals surface area contributed by atoms with Crippen LogP contribution in [0, 0.1) is 0 Å². The van der Waals surface area contributed by atoms with Gasteiger partial charge in [-0.05, 0) is 24.5 Å². The highest BCUT2D eigenvalue weighted by Crippen LogP contribution is 2.13. The van der Waals surface area contributed by atoms with E-state index in [9.17, 15) is 0 Å². The maximum Gasteiger partial charge on any atom is 0.120 e. The molecule has 3 nitrogen and oxygen atoms in total. The molecule has 0 saturated heterocycles. The first-order valence-electron chi connectivity index (χ1n) is 6.10. The zero-order valence-electron chi connectivity index (χ0n) is 10.4. The molecule has 0 bridgehead atoms. The Balaban J connectivity index is 1.92. The summed E-state index contributed by atoms with van der Waals surface area (Å²) >= 11 is 0. The van der Waals surface area contributed by atoms with Crippen molar-refractivity contribution in [3.05, 3.63) is 53.6 Å². The number of hydrogen-bond acceptors (Lipinski definition) is 2. The number of nitrogens with zero attached hydrogens (tertiary/aromatic N) is 1. The molecule has 1 aromatic heterocycles. The van der Waals surface area contributed by atoms with Gasteiger partial charge in [0, 0.05) is 18.4 Å². The van der Waals surface area contributed by atoms with Gasteiger partial charge in [0.05, 0.1) is 6.54 Å². The molecular formula is C14H19N3. The molecular weight excluding hydrogens is 210 g/mol. The van der Waals surface area contributed by atoms with Crippen LogP contribution in [0.2, 0.25) is 0 Å². The molecule has 1 unspecified atom stereocenters. The molecule has 0 aliphatic rings. The number of aryl methyl sites for hydroxylation is 1. The lowest BCUT2D eigenvalue weighted by molar-refractivity contribution is 0.562. The normalized spacial score (nSPS) is 12.6. The Morgan fingerprint density at radius 1 is 1.29 bits per heavy atom. The molecule has 2 N–H and O–H groups in total.